The van der Waals surface area contributed by atoms with Crippen molar-refractivity contribution in [2.45, 2.75) is 31.6 Å². The van der Waals surface area contributed by atoms with Crippen molar-refractivity contribution in [3.05, 3.63) is 28.2 Å². The van der Waals surface area contributed by atoms with Gasteiger partial charge in [0.15, 0.2) is 0 Å². The van der Waals surface area contributed by atoms with Crippen molar-refractivity contribution in [1.82, 2.24) is 0 Å². The van der Waals surface area contributed by atoms with E-state index in [1.165, 1.54) is 6.42 Å². The normalized spacial score (nSPS) is 22.3. The molecule has 2 atom stereocenters. The Balaban J connectivity index is 2.04. The third-order valence-corrected chi connectivity index (χ3v) is 5.05. The Labute approximate surface area is 126 Å². The van der Waals surface area contributed by atoms with E-state index in [1.807, 2.05) is 30.8 Å². The number of nitrogens with one attached hydrogen (secondary N) is 1. The molecule has 1 aromatic rings. The summed E-state index contributed by atoms with van der Waals surface area (Å²) in [6, 6.07) is 6.05. The van der Waals surface area contributed by atoms with Crippen LogP contribution in [0.5, 0.6) is 0 Å². The molecule has 1 aliphatic rings. The number of carbonyl (C=O) groups is 1. The number of hydrogen-bond acceptors (Lipinski definition) is 4. The van der Waals surface area contributed by atoms with Gasteiger partial charge in [0, 0.05) is 27.2 Å². The second-order valence-electron chi connectivity index (χ2n) is 4.64. The first kappa shape index (κ1) is 14.7. The number of ether oxygens (including phenoxy) is 1. The van der Waals surface area contributed by atoms with Gasteiger partial charge >= 0.3 is 5.97 Å². The molecule has 1 fully saturated rings. The maximum absolute atomic E-state index is 11.6. The van der Waals surface area contributed by atoms with Crippen LogP contribution in [0, 0.1) is 0 Å². The SMILES string of the molecule is CCOC(=O)c1ccc(NC2CSC(C)C2)c(Br)c1. The fourth-order valence-corrected chi connectivity index (χ4v) is 3.75. The summed E-state index contributed by atoms with van der Waals surface area (Å²) in [6.45, 7) is 4.46. The van der Waals surface area contributed by atoms with Gasteiger partial charge in [-0.05, 0) is 47.5 Å². The number of esters is 1. The van der Waals surface area contributed by atoms with Crippen LogP contribution >= 0.6 is 27.7 Å². The van der Waals surface area contributed by atoms with Crippen LogP contribution in [0.1, 0.15) is 30.6 Å². The number of thioether (sulfide) groups is 1. The van der Waals surface area contributed by atoms with Gasteiger partial charge in [-0.2, -0.15) is 11.8 Å². The minimum absolute atomic E-state index is 0.278. The van der Waals surface area contributed by atoms with E-state index in [0.717, 1.165) is 21.2 Å². The van der Waals surface area contributed by atoms with Crippen LogP contribution in [0.15, 0.2) is 22.7 Å². The highest BCUT2D eigenvalue weighted by Crippen LogP contribution is 2.31. The lowest BCUT2D eigenvalue weighted by molar-refractivity contribution is 0.0526. The maximum atomic E-state index is 11.6. The van der Waals surface area contributed by atoms with Crippen LogP contribution in [0.4, 0.5) is 5.69 Å². The number of carbonyl (C=O) groups excluding carboxylic acids is 1. The molecular formula is C14H18BrNO2S. The van der Waals surface area contributed by atoms with Crippen molar-refractivity contribution in [2.24, 2.45) is 0 Å². The van der Waals surface area contributed by atoms with E-state index in [-0.39, 0.29) is 5.97 Å². The van der Waals surface area contributed by atoms with Crippen LogP contribution in [0.2, 0.25) is 0 Å². The fraction of sp³-hybridized carbons (Fsp3) is 0.500. The summed E-state index contributed by atoms with van der Waals surface area (Å²) in [5.41, 5.74) is 1.61. The molecule has 104 valence electrons. The summed E-state index contributed by atoms with van der Waals surface area (Å²) in [7, 11) is 0. The molecule has 3 nitrogen and oxygen atoms in total. The maximum Gasteiger partial charge on any atom is 0.338 e. The number of hydrogen-bond donors (Lipinski definition) is 1. The zero-order valence-corrected chi connectivity index (χ0v) is 13.5. The lowest BCUT2D eigenvalue weighted by Gasteiger charge is -2.15. The Kier molecular flexibility index (Phi) is 5.16. The molecule has 0 aliphatic carbocycles. The van der Waals surface area contributed by atoms with Gasteiger partial charge in [-0.3, -0.25) is 0 Å². The summed E-state index contributed by atoms with van der Waals surface area (Å²) in [4.78, 5) is 11.6. The first-order chi connectivity index (χ1) is 9.10. The summed E-state index contributed by atoms with van der Waals surface area (Å²) in [5.74, 6) is 0.854. The molecule has 0 saturated carbocycles. The topological polar surface area (TPSA) is 38.3 Å². The van der Waals surface area contributed by atoms with E-state index in [9.17, 15) is 4.79 Å². The van der Waals surface area contributed by atoms with Crippen molar-refractivity contribution >= 4 is 39.3 Å². The summed E-state index contributed by atoms with van der Waals surface area (Å²) < 4.78 is 5.89. The molecule has 2 rings (SSSR count). The average Bonchev–Trinajstić information content (AvgIpc) is 2.78. The van der Waals surface area contributed by atoms with Crippen molar-refractivity contribution in [3.8, 4) is 0 Å². The second-order valence-corrected chi connectivity index (χ2v) is 6.96. The van der Waals surface area contributed by atoms with Gasteiger partial charge in [-0.25, -0.2) is 4.79 Å². The summed E-state index contributed by atoms with van der Waals surface area (Å²) >= 11 is 5.51. The molecular weight excluding hydrogens is 326 g/mol. The summed E-state index contributed by atoms with van der Waals surface area (Å²) in [5, 5.41) is 4.24. The smallest absolute Gasteiger partial charge is 0.338 e. The van der Waals surface area contributed by atoms with E-state index < -0.39 is 0 Å². The van der Waals surface area contributed by atoms with Crippen LogP contribution in [0.25, 0.3) is 0 Å². The first-order valence-electron chi connectivity index (χ1n) is 6.45. The van der Waals surface area contributed by atoms with Crippen molar-refractivity contribution in [3.63, 3.8) is 0 Å². The molecule has 0 bridgehead atoms. The van der Waals surface area contributed by atoms with E-state index in [0.29, 0.717) is 18.2 Å². The molecule has 1 heterocycles. The van der Waals surface area contributed by atoms with Crippen LogP contribution in [-0.4, -0.2) is 29.6 Å². The Hall–Kier alpha value is -0.680. The summed E-state index contributed by atoms with van der Waals surface area (Å²) in [6.07, 6.45) is 1.18. The Morgan fingerprint density at radius 2 is 2.37 bits per heavy atom. The lowest BCUT2D eigenvalue weighted by Crippen LogP contribution is -2.19. The third kappa shape index (κ3) is 3.89. The average molecular weight is 344 g/mol. The van der Waals surface area contributed by atoms with Gasteiger partial charge in [-0.1, -0.05) is 6.92 Å². The third-order valence-electron chi connectivity index (χ3n) is 3.04. The number of rotatable bonds is 4. The quantitative estimate of drug-likeness (QED) is 0.840. The second kappa shape index (κ2) is 6.66. The molecule has 0 spiro atoms. The largest absolute Gasteiger partial charge is 0.462 e. The molecule has 1 N–H and O–H groups in total. The number of benzene rings is 1. The molecule has 1 aliphatic heterocycles. The van der Waals surface area contributed by atoms with Crippen molar-refractivity contribution < 1.29 is 9.53 Å². The molecule has 1 aromatic carbocycles. The van der Waals surface area contributed by atoms with Gasteiger partial charge in [0.05, 0.1) is 12.2 Å². The van der Waals surface area contributed by atoms with E-state index in [4.69, 9.17) is 4.74 Å². The molecule has 0 radical (unpaired) electrons. The van der Waals surface area contributed by atoms with E-state index >= 15 is 0 Å². The van der Waals surface area contributed by atoms with Gasteiger partial charge in [-0.15, -0.1) is 0 Å². The highest BCUT2D eigenvalue weighted by atomic mass is 79.9. The molecule has 0 amide bonds. The Morgan fingerprint density at radius 3 is 2.95 bits per heavy atom. The zero-order valence-electron chi connectivity index (χ0n) is 11.1. The Morgan fingerprint density at radius 1 is 1.58 bits per heavy atom. The van der Waals surface area contributed by atoms with Crippen molar-refractivity contribution in [2.75, 3.05) is 17.7 Å². The molecule has 19 heavy (non-hydrogen) atoms. The Bertz CT molecular complexity index is 467. The predicted molar refractivity (Wildman–Crippen MR) is 84.0 cm³/mol. The fourth-order valence-electron chi connectivity index (χ4n) is 2.11. The monoisotopic (exact) mass is 343 g/mol. The van der Waals surface area contributed by atoms with Gasteiger partial charge in [0.1, 0.15) is 0 Å². The number of anilines is 1. The van der Waals surface area contributed by atoms with E-state index in [2.05, 4.69) is 28.2 Å². The minimum atomic E-state index is -0.278. The first-order valence-corrected chi connectivity index (χ1v) is 8.29. The lowest BCUT2D eigenvalue weighted by atomic mass is 10.1. The van der Waals surface area contributed by atoms with Crippen LogP contribution < -0.4 is 5.32 Å². The van der Waals surface area contributed by atoms with E-state index in [1.54, 1.807) is 6.07 Å². The van der Waals surface area contributed by atoms with Crippen LogP contribution in [0.3, 0.4) is 0 Å². The zero-order chi connectivity index (χ0) is 13.8. The highest BCUT2D eigenvalue weighted by molar-refractivity contribution is 9.10. The minimum Gasteiger partial charge on any atom is -0.462 e. The van der Waals surface area contributed by atoms with Gasteiger partial charge in [0.2, 0.25) is 0 Å². The van der Waals surface area contributed by atoms with Gasteiger partial charge < -0.3 is 10.1 Å². The molecule has 5 heteroatoms. The molecule has 0 aromatic heterocycles. The van der Waals surface area contributed by atoms with Gasteiger partial charge in [0.25, 0.3) is 0 Å². The highest BCUT2D eigenvalue weighted by Gasteiger charge is 2.22. The molecule has 2 unspecified atom stereocenters. The van der Waals surface area contributed by atoms with Crippen molar-refractivity contribution in [1.29, 1.82) is 0 Å². The van der Waals surface area contributed by atoms with Crippen LogP contribution in [-0.2, 0) is 4.74 Å². The number of halogens is 1. The molecule has 1 saturated heterocycles. The predicted octanol–water partition coefficient (Wildman–Crippen LogP) is 3.93. The standard InChI is InChI=1S/C14H18BrNO2S/c1-3-18-14(17)10-4-5-13(12(15)7-10)16-11-6-9(2)19-8-11/h4-5,7,9,11,16H,3,6,8H2,1-2H3.